The molecule has 0 radical (unpaired) electrons. The summed E-state index contributed by atoms with van der Waals surface area (Å²) in [7, 11) is 0. The quantitative estimate of drug-likeness (QED) is 0.331. The number of ether oxygens (including phenoxy) is 3. The van der Waals surface area contributed by atoms with Gasteiger partial charge in [0.2, 0.25) is 0 Å². The molecule has 2 aromatic rings. The zero-order valence-electron chi connectivity index (χ0n) is 17.4. The lowest BCUT2D eigenvalue weighted by Gasteiger charge is -2.15. The maximum atomic E-state index is 11.7. The van der Waals surface area contributed by atoms with Crippen LogP contribution in [0.3, 0.4) is 0 Å². The summed E-state index contributed by atoms with van der Waals surface area (Å²) in [6, 6.07) is 14.9. The van der Waals surface area contributed by atoms with Gasteiger partial charge in [-0.05, 0) is 55.2 Å². The van der Waals surface area contributed by atoms with E-state index in [1.165, 1.54) is 0 Å². The number of esters is 2. The van der Waals surface area contributed by atoms with Gasteiger partial charge in [-0.3, -0.25) is 4.79 Å². The Balaban J connectivity index is 1.89. The van der Waals surface area contributed by atoms with Crippen molar-refractivity contribution in [1.29, 1.82) is 0 Å². The van der Waals surface area contributed by atoms with Gasteiger partial charge in [-0.2, -0.15) is 0 Å². The van der Waals surface area contributed by atoms with Crippen molar-refractivity contribution in [3.63, 3.8) is 0 Å². The van der Waals surface area contributed by atoms with Crippen molar-refractivity contribution in [2.24, 2.45) is 5.92 Å². The highest BCUT2D eigenvalue weighted by atomic mass is 16.6. The first-order valence-corrected chi connectivity index (χ1v) is 9.65. The molecule has 5 nitrogen and oxygen atoms in total. The van der Waals surface area contributed by atoms with Crippen LogP contribution in [0.5, 0.6) is 11.5 Å². The molecule has 0 aliphatic carbocycles. The van der Waals surface area contributed by atoms with E-state index in [-0.39, 0.29) is 18.0 Å². The average Bonchev–Trinajstić information content (AvgIpc) is 2.66. The fourth-order valence-corrected chi connectivity index (χ4v) is 2.51. The lowest BCUT2D eigenvalue weighted by Crippen LogP contribution is -2.22. The molecule has 1 atom stereocenters. The number of carbonyl (C=O) groups excluding carboxylic acids is 2. The van der Waals surface area contributed by atoms with Gasteiger partial charge in [0, 0.05) is 12.0 Å². The van der Waals surface area contributed by atoms with Gasteiger partial charge >= 0.3 is 11.9 Å². The van der Waals surface area contributed by atoms with Crippen LogP contribution in [0.1, 0.15) is 34.1 Å². The van der Waals surface area contributed by atoms with Crippen LogP contribution < -0.4 is 9.47 Å². The number of hydrogen-bond donors (Lipinski definition) is 0. The Bertz CT molecular complexity index is 835. The molecule has 0 N–H and O–H groups in total. The number of rotatable bonds is 9. The Hall–Kier alpha value is -3.08. The molecule has 0 aromatic heterocycles. The Labute approximate surface area is 172 Å². The van der Waals surface area contributed by atoms with E-state index in [1.807, 2.05) is 57.2 Å². The number of benzene rings is 2. The zero-order valence-corrected chi connectivity index (χ0v) is 17.4. The predicted octanol–water partition coefficient (Wildman–Crippen LogP) is 5.19. The second kappa shape index (κ2) is 10.5. The van der Waals surface area contributed by atoms with Crippen molar-refractivity contribution in [2.75, 3.05) is 6.61 Å². The first-order valence-electron chi connectivity index (χ1n) is 9.65. The SMILES string of the molecule is C=C(C)C(=O)Oc1ccc(-c2ccc(OCC(C)OC(=O)CC(C)C)cc2)cc1. The van der Waals surface area contributed by atoms with E-state index in [1.54, 1.807) is 19.1 Å². The van der Waals surface area contributed by atoms with E-state index in [4.69, 9.17) is 14.2 Å². The van der Waals surface area contributed by atoms with Crippen LogP contribution in [-0.4, -0.2) is 24.6 Å². The third-order valence-electron chi connectivity index (χ3n) is 3.99. The summed E-state index contributed by atoms with van der Waals surface area (Å²) < 4.78 is 16.2. The maximum Gasteiger partial charge on any atom is 0.338 e. The first kappa shape index (κ1) is 22.2. The monoisotopic (exact) mass is 396 g/mol. The van der Waals surface area contributed by atoms with E-state index >= 15 is 0 Å². The molecule has 2 rings (SSSR count). The normalized spacial score (nSPS) is 11.6. The van der Waals surface area contributed by atoms with Crippen LogP contribution in [-0.2, 0) is 14.3 Å². The van der Waals surface area contributed by atoms with Crippen LogP contribution in [0.2, 0.25) is 0 Å². The van der Waals surface area contributed by atoms with Gasteiger partial charge in [-0.15, -0.1) is 0 Å². The van der Waals surface area contributed by atoms with Crippen molar-refractivity contribution < 1.29 is 23.8 Å². The Morgan fingerprint density at radius 2 is 1.41 bits per heavy atom. The van der Waals surface area contributed by atoms with Gasteiger partial charge in [-0.25, -0.2) is 4.79 Å². The van der Waals surface area contributed by atoms with Gasteiger partial charge in [0.1, 0.15) is 24.2 Å². The Kier molecular flexibility index (Phi) is 8.01. The van der Waals surface area contributed by atoms with Crippen molar-refractivity contribution in [3.05, 3.63) is 60.7 Å². The summed E-state index contributed by atoms with van der Waals surface area (Å²) in [5, 5.41) is 0. The number of carbonyl (C=O) groups is 2. The average molecular weight is 396 g/mol. The van der Waals surface area contributed by atoms with Crippen molar-refractivity contribution in [2.45, 2.75) is 40.2 Å². The van der Waals surface area contributed by atoms with Crippen LogP contribution in [0.4, 0.5) is 0 Å². The second-order valence-electron chi connectivity index (χ2n) is 7.43. The van der Waals surface area contributed by atoms with Gasteiger partial charge in [0.15, 0.2) is 0 Å². The second-order valence-corrected chi connectivity index (χ2v) is 7.43. The Morgan fingerprint density at radius 1 is 0.897 bits per heavy atom. The molecule has 0 spiro atoms. The molecule has 0 fully saturated rings. The molecule has 2 aromatic carbocycles. The van der Waals surface area contributed by atoms with Crippen molar-refractivity contribution >= 4 is 11.9 Å². The fraction of sp³-hybridized carbons (Fsp3) is 0.333. The highest BCUT2D eigenvalue weighted by Crippen LogP contribution is 2.25. The van der Waals surface area contributed by atoms with Gasteiger partial charge < -0.3 is 14.2 Å². The van der Waals surface area contributed by atoms with Crippen LogP contribution in [0.15, 0.2) is 60.7 Å². The number of hydrogen-bond acceptors (Lipinski definition) is 5. The summed E-state index contributed by atoms with van der Waals surface area (Å²) in [5.41, 5.74) is 2.35. The lowest BCUT2D eigenvalue weighted by atomic mass is 10.1. The summed E-state index contributed by atoms with van der Waals surface area (Å²) in [5.74, 6) is 0.804. The molecule has 5 heteroatoms. The Morgan fingerprint density at radius 3 is 1.90 bits per heavy atom. The summed E-state index contributed by atoms with van der Waals surface area (Å²) >= 11 is 0. The first-order chi connectivity index (χ1) is 13.7. The molecule has 0 saturated heterocycles. The predicted molar refractivity (Wildman–Crippen MR) is 113 cm³/mol. The molecular formula is C24H28O5. The summed E-state index contributed by atoms with van der Waals surface area (Å²) in [6.07, 6.45) is 0.0971. The summed E-state index contributed by atoms with van der Waals surface area (Å²) in [4.78, 5) is 23.2. The van der Waals surface area contributed by atoms with Gasteiger partial charge in [0.05, 0.1) is 0 Å². The molecule has 29 heavy (non-hydrogen) atoms. The van der Waals surface area contributed by atoms with E-state index in [2.05, 4.69) is 6.58 Å². The molecule has 0 saturated carbocycles. The molecule has 1 unspecified atom stereocenters. The standard InChI is InChI=1S/C24H28O5/c1-16(2)14-23(25)28-18(5)15-27-21-10-6-19(7-11-21)20-8-12-22(13-9-20)29-24(26)17(3)4/h6-13,16,18H,3,14-15H2,1-2,4-5H3. The van der Waals surface area contributed by atoms with Crippen LogP contribution in [0, 0.1) is 5.92 Å². The molecule has 0 aliphatic rings. The lowest BCUT2D eigenvalue weighted by molar-refractivity contribution is -0.150. The van der Waals surface area contributed by atoms with E-state index in [0.29, 0.717) is 30.1 Å². The van der Waals surface area contributed by atoms with E-state index in [0.717, 1.165) is 11.1 Å². The minimum absolute atomic E-state index is 0.205. The molecule has 0 heterocycles. The largest absolute Gasteiger partial charge is 0.490 e. The maximum absolute atomic E-state index is 11.7. The third-order valence-corrected chi connectivity index (χ3v) is 3.99. The molecule has 154 valence electrons. The highest BCUT2D eigenvalue weighted by molar-refractivity contribution is 5.88. The molecular weight excluding hydrogens is 368 g/mol. The zero-order chi connectivity index (χ0) is 21.4. The summed E-state index contributed by atoms with van der Waals surface area (Å²) in [6.45, 7) is 11.2. The topological polar surface area (TPSA) is 61.8 Å². The van der Waals surface area contributed by atoms with Gasteiger partial charge in [0.25, 0.3) is 0 Å². The van der Waals surface area contributed by atoms with Crippen molar-refractivity contribution in [3.8, 4) is 22.6 Å². The third kappa shape index (κ3) is 7.45. The smallest absolute Gasteiger partial charge is 0.338 e. The van der Waals surface area contributed by atoms with Crippen molar-refractivity contribution in [1.82, 2.24) is 0 Å². The minimum Gasteiger partial charge on any atom is -0.490 e. The van der Waals surface area contributed by atoms with Gasteiger partial charge in [-0.1, -0.05) is 44.7 Å². The molecule has 0 amide bonds. The van der Waals surface area contributed by atoms with E-state index in [9.17, 15) is 9.59 Å². The fourth-order valence-electron chi connectivity index (χ4n) is 2.51. The highest BCUT2D eigenvalue weighted by Gasteiger charge is 2.12. The van der Waals surface area contributed by atoms with E-state index < -0.39 is 5.97 Å². The van der Waals surface area contributed by atoms with Crippen LogP contribution in [0.25, 0.3) is 11.1 Å². The molecule has 0 bridgehead atoms. The van der Waals surface area contributed by atoms with Crippen LogP contribution >= 0.6 is 0 Å². The molecule has 0 aliphatic heterocycles. The minimum atomic E-state index is -0.441.